The van der Waals surface area contributed by atoms with E-state index in [1.165, 1.54) is 23.3 Å². The Morgan fingerprint density at radius 3 is 2.54 bits per heavy atom. The van der Waals surface area contributed by atoms with Gasteiger partial charge in [0.15, 0.2) is 0 Å². The molecule has 4 heteroatoms. The summed E-state index contributed by atoms with van der Waals surface area (Å²) in [6.45, 7) is 4.70. The molecule has 3 nitrogen and oxygen atoms in total. The summed E-state index contributed by atoms with van der Waals surface area (Å²) in [7, 11) is 0. The van der Waals surface area contributed by atoms with Crippen LogP contribution in [-0.4, -0.2) is 35.3 Å². The molecular formula is C20H24FNO2. The molecule has 1 N–H and O–H groups in total. The number of ether oxygens (including phenoxy) is 1. The number of hydrogen-bond acceptors (Lipinski definition) is 3. The third-order valence-electron chi connectivity index (χ3n) is 4.48. The molecule has 0 amide bonds. The number of piperidine rings is 1. The molecule has 1 aliphatic rings. The zero-order valence-corrected chi connectivity index (χ0v) is 14.0. The summed E-state index contributed by atoms with van der Waals surface area (Å²) in [4.78, 5) is 2.27. The van der Waals surface area contributed by atoms with Gasteiger partial charge >= 0.3 is 0 Å². The Balaban J connectivity index is 1.56. The smallest absolute Gasteiger partial charge is 0.123 e. The number of nitrogens with zero attached hydrogens (tertiary/aromatic N) is 1. The molecule has 1 unspecified atom stereocenters. The Hall–Kier alpha value is -1.91. The molecule has 2 aromatic rings. The SMILES string of the molecule is Cc1ccc(CN2CCCC(O)(COc3ccc(F)cc3)C2)cc1. The molecule has 3 rings (SSSR count). The number of rotatable bonds is 5. The first-order valence-electron chi connectivity index (χ1n) is 8.41. The molecular weight excluding hydrogens is 305 g/mol. The van der Waals surface area contributed by atoms with Crippen molar-refractivity contribution in [2.45, 2.75) is 31.9 Å². The molecule has 1 fully saturated rings. The number of aryl methyl sites for hydroxylation is 1. The Morgan fingerprint density at radius 2 is 1.83 bits per heavy atom. The number of hydrogen-bond donors (Lipinski definition) is 1. The van der Waals surface area contributed by atoms with Gasteiger partial charge in [0, 0.05) is 13.1 Å². The second-order valence-electron chi connectivity index (χ2n) is 6.77. The normalized spacial score (nSPS) is 21.6. The summed E-state index contributed by atoms with van der Waals surface area (Å²) in [6.07, 6.45) is 1.66. The highest BCUT2D eigenvalue weighted by Crippen LogP contribution is 2.24. The maximum absolute atomic E-state index is 12.9. The molecule has 2 aromatic carbocycles. The van der Waals surface area contributed by atoms with Crippen LogP contribution < -0.4 is 4.74 Å². The number of halogens is 1. The number of benzene rings is 2. The van der Waals surface area contributed by atoms with Crippen LogP contribution in [0.25, 0.3) is 0 Å². The van der Waals surface area contributed by atoms with E-state index in [9.17, 15) is 9.50 Å². The Morgan fingerprint density at radius 1 is 1.12 bits per heavy atom. The fraction of sp³-hybridized carbons (Fsp3) is 0.400. The van der Waals surface area contributed by atoms with Crippen LogP contribution in [0, 0.1) is 12.7 Å². The topological polar surface area (TPSA) is 32.7 Å². The first kappa shape index (κ1) is 16.9. The van der Waals surface area contributed by atoms with Gasteiger partial charge in [0.25, 0.3) is 0 Å². The van der Waals surface area contributed by atoms with Crippen LogP contribution in [0.5, 0.6) is 5.75 Å². The molecule has 1 atom stereocenters. The lowest BCUT2D eigenvalue weighted by atomic mass is 9.93. The third-order valence-corrected chi connectivity index (χ3v) is 4.48. The highest BCUT2D eigenvalue weighted by molar-refractivity contribution is 5.23. The summed E-state index contributed by atoms with van der Waals surface area (Å²) >= 11 is 0. The van der Waals surface area contributed by atoms with Crippen LogP contribution in [0.15, 0.2) is 48.5 Å². The molecule has 24 heavy (non-hydrogen) atoms. The minimum atomic E-state index is -0.864. The van der Waals surface area contributed by atoms with Crippen LogP contribution >= 0.6 is 0 Å². The van der Waals surface area contributed by atoms with Crippen molar-refractivity contribution < 1.29 is 14.2 Å². The standard InChI is InChI=1S/C20H24FNO2/c1-16-3-5-17(6-4-16)13-22-12-2-11-20(23,14-22)15-24-19-9-7-18(21)8-10-19/h3-10,23H,2,11-15H2,1H3. The number of β-amino-alcohol motifs (C(OH)–C–C–N with tert-alkyl or cyclic N) is 1. The van der Waals surface area contributed by atoms with E-state index in [1.54, 1.807) is 12.1 Å². The molecule has 0 spiro atoms. The average molecular weight is 329 g/mol. The fourth-order valence-electron chi connectivity index (χ4n) is 3.16. The first-order chi connectivity index (χ1) is 11.5. The van der Waals surface area contributed by atoms with Crippen molar-refractivity contribution in [3.05, 3.63) is 65.5 Å². The zero-order valence-electron chi connectivity index (χ0n) is 14.0. The van der Waals surface area contributed by atoms with Crippen molar-refractivity contribution in [3.8, 4) is 5.75 Å². The van der Waals surface area contributed by atoms with Crippen molar-refractivity contribution in [3.63, 3.8) is 0 Å². The van der Waals surface area contributed by atoms with E-state index in [0.717, 1.165) is 25.9 Å². The Bertz CT molecular complexity index is 656. The quantitative estimate of drug-likeness (QED) is 0.911. The average Bonchev–Trinajstić information content (AvgIpc) is 2.57. The van der Waals surface area contributed by atoms with Gasteiger partial charge in [0.2, 0.25) is 0 Å². The van der Waals surface area contributed by atoms with Crippen LogP contribution in [0.3, 0.4) is 0 Å². The largest absolute Gasteiger partial charge is 0.491 e. The molecule has 1 heterocycles. The lowest BCUT2D eigenvalue weighted by molar-refractivity contribution is -0.0621. The molecule has 1 saturated heterocycles. The van der Waals surface area contributed by atoms with Gasteiger partial charge in [-0.25, -0.2) is 4.39 Å². The van der Waals surface area contributed by atoms with Crippen molar-refractivity contribution in [2.75, 3.05) is 19.7 Å². The maximum Gasteiger partial charge on any atom is 0.123 e. The molecule has 0 radical (unpaired) electrons. The van der Waals surface area contributed by atoms with E-state index in [1.807, 2.05) is 0 Å². The van der Waals surface area contributed by atoms with Crippen LogP contribution in [-0.2, 0) is 6.54 Å². The molecule has 1 aliphatic heterocycles. The van der Waals surface area contributed by atoms with E-state index in [-0.39, 0.29) is 12.4 Å². The summed E-state index contributed by atoms with van der Waals surface area (Å²) < 4.78 is 18.6. The van der Waals surface area contributed by atoms with Crippen molar-refractivity contribution in [1.29, 1.82) is 0 Å². The van der Waals surface area contributed by atoms with E-state index in [2.05, 4.69) is 36.1 Å². The summed E-state index contributed by atoms with van der Waals surface area (Å²) in [5, 5.41) is 10.8. The molecule has 0 aliphatic carbocycles. The summed E-state index contributed by atoms with van der Waals surface area (Å²) in [5.74, 6) is 0.295. The third kappa shape index (κ3) is 4.56. The van der Waals surface area contributed by atoms with Gasteiger partial charge in [-0.05, 0) is 56.1 Å². The van der Waals surface area contributed by atoms with Crippen molar-refractivity contribution >= 4 is 0 Å². The predicted molar refractivity (Wildman–Crippen MR) is 92.5 cm³/mol. The monoisotopic (exact) mass is 329 g/mol. The minimum Gasteiger partial charge on any atom is -0.491 e. The second kappa shape index (κ2) is 7.32. The predicted octanol–water partition coefficient (Wildman–Crippen LogP) is 3.54. The van der Waals surface area contributed by atoms with Crippen LogP contribution in [0.2, 0.25) is 0 Å². The van der Waals surface area contributed by atoms with Gasteiger partial charge in [-0.15, -0.1) is 0 Å². The minimum absolute atomic E-state index is 0.225. The number of likely N-dealkylation sites (tertiary alicyclic amines) is 1. The van der Waals surface area contributed by atoms with Gasteiger partial charge < -0.3 is 9.84 Å². The molecule has 0 aromatic heterocycles. The first-order valence-corrected chi connectivity index (χ1v) is 8.41. The molecule has 0 saturated carbocycles. The highest BCUT2D eigenvalue weighted by Gasteiger charge is 2.34. The van der Waals surface area contributed by atoms with E-state index in [4.69, 9.17) is 4.74 Å². The summed E-state index contributed by atoms with van der Waals surface area (Å²) in [5.41, 5.74) is 1.64. The lowest BCUT2D eigenvalue weighted by Gasteiger charge is -2.39. The fourth-order valence-corrected chi connectivity index (χ4v) is 3.16. The van der Waals surface area contributed by atoms with E-state index >= 15 is 0 Å². The van der Waals surface area contributed by atoms with Gasteiger partial charge in [-0.2, -0.15) is 0 Å². The van der Waals surface area contributed by atoms with Gasteiger partial charge in [0.05, 0.1) is 0 Å². The van der Waals surface area contributed by atoms with Crippen molar-refractivity contribution in [1.82, 2.24) is 4.90 Å². The second-order valence-corrected chi connectivity index (χ2v) is 6.77. The van der Waals surface area contributed by atoms with Gasteiger partial charge in [-0.1, -0.05) is 29.8 Å². The van der Waals surface area contributed by atoms with Crippen LogP contribution in [0.1, 0.15) is 24.0 Å². The van der Waals surface area contributed by atoms with E-state index < -0.39 is 5.60 Å². The summed E-state index contributed by atoms with van der Waals surface area (Å²) in [6, 6.07) is 14.4. The zero-order chi connectivity index (χ0) is 17.0. The lowest BCUT2D eigenvalue weighted by Crippen LogP contribution is -2.51. The maximum atomic E-state index is 12.9. The number of aliphatic hydroxyl groups is 1. The van der Waals surface area contributed by atoms with Crippen molar-refractivity contribution in [2.24, 2.45) is 0 Å². The molecule has 0 bridgehead atoms. The van der Waals surface area contributed by atoms with Gasteiger partial charge in [-0.3, -0.25) is 4.90 Å². The molecule has 128 valence electrons. The van der Waals surface area contributed by atoms with E-state index in [0.29, 0.717) is 12.3 Å². The Labute approximate surface area is 142 Å². The Kier molecular flexibility index (Phi) is 5.17. The highest BCUT2D eigenvalue weighted by atomic mass is 19.1. The van der Waals surface area contributed by atoms with Gasteiger partial charge in [0.1, 0.15) is 23.8 Å². The van der Waals surface area contributed by atoms with Crippen LogP contribution in [0.4, 0.5) is 4.39 Å².